The molecule has 5 nitrogen and oxygen atoms in total. The molecule has 5 rings (SSSR count). The van der Waals surface area contributed by atoms with Gasteiger partial charge in [0.15, 0.2) is 0 Å². The molecule has 0 radical (unpaired) electrons. The lowest BCUT2D eigenvalue weighted by molar-refractivity contribution is -0.113. The maximum Gasteiger partial charge on any atom is 0.255 e. The second-order valence-electron chi connectivity index (χ2n) is 7.24. The van der Waals surface area contributed by atoms with E-state index in [1.54, 1.807) is 12.1 Å². The van der Waals surface area contributed by atoms with E-state index in [1.165, 1.54) is 0 Å². The molecule has 2 N–H and O–H groups in total. The summed E-state index contributed by atoms with van der Waals surface area (Å²) in [5.74, 6) is 0.543. The van der Waals surface area contributed by atoms with Crippen LogP contribution in [0.2, 0.25) is 5.02 Å². The van der Waals surface area contributed by atoms with Crippen molar-refractivity contribution in [2.75, 3.05) is 10.6 Å². The first-order chi connectivity index (χ1) is 14.6. The normalized spacial score (nSPS) is 15.6. The lowest BCUT2D eigenvalue weighted by Crippen LogP contribution is -2.30. The molecule has 1 aliphatic heterocycles. The fourth-order valence-electron chi connectivity index (χ4n) is 3.97. The monoisotopic (exact) mass is 414 g/mol. The van der Waals surface area contributed by atoms with E-state index in [1.807, 2.05) is 73.7 Å². The minimum Gasteiger partial charge on any atom is -0.329 e. The summed E-state index contributed by atoms with van der Waals surface area (Å²) in [6, 6.07) is 24.8. The van der Waals surface area contributed by atoms with Crippen LogP contribution in [-0.4, -0.2) is 15.5 Å². The Morgan fingerprint density at radius 3 is 2.60 bits per heavy atom. The third kappa shape index (κ3) is 3.13. The highest BCUT2D eigenvalue weighted by Crippen LogP contribution is 2.39. The first kappa shape index (κ1) is 18.5. The summed E-state index contributed by atoms with van der Waals surface area (Å²) in [7, 11) is 0. The summed E-state index contributed by atoms with van der Waals surface area (Å²) in [4.78, 5) is 18.2. The Bertz CT molecular complexity index is 1290. The topological polar surface area (TPSA) is 59.0 Å². The van der Waals surface area contributed by atoms with E-state index >= 15 is 0 Å². The SMILES string of the molecule is CC1=C(C(=O)Nc2cccc(Cl)c2)[C@@H](c2ccccc2)n2c(nc3ccccc32)N1. The largest absolute Gasteiger partial charge is 0.329 e. The van der Waals surface area contributed by atoms with E-state index in [0.717, 1.165) is 28.2 Å². The molecule has 1 aromatic heterocycles. The van der Waals surface area contributed by atoms with Crippen molar-refractivity contribution in [3.63, 3.8) is 0 Å². The van der Waals surface area contributed by atoms with Crippen molar-refractivity contribution in [1.82, 2.24) is 9.55 Å². The van der Waals surface area contributed by atoms with E-state index in [2.05, 4.69) is 15.2 Å². The molecule has 0 spiro atoms. The van der Waals surface area contributed by atoms with E-state index in [4.69, 9.17) is 16.6 Å². The molecule has 0 bridgehead atoms. The van der Waals surface area contributed by atoms with Crippen molar-refractivity contribution < 1.29 is 4.79 Å². The van der Waals surface area contributed by atoms with Gasteiger partial charge in [0.2, 0.25) is 5.95 Å². The summed E-state index contributed by atoms with van der Waals surface area (Å²) in [6.07, 6.45) is 0. The number of hydrogen-bond acceptors (Lipinski definition) is 3. The van der Waals surface area contributed by atoms with Crippen LogP contribution in [0.25, 0.3) is 11.0 Å². The highest BCUT2D eigenvalue weighted by molar-refractivity contribution is 6.31. The summed E-state index contributed by atoms with van der Waals surface area (Å²) < 4.78 is 2.09. The number of carbonyl (C=O) groups excluding carboxylic acids is 1. The molecule has 148 valence electrons. The van der Waals surface area contributed by atoms with Crippen molar-refractivity contribution in [1.29, 1.82) is 0 Å². The number of nitrogens with zero attached hydrogens (tertiary/aromatic N) is 2. The van der Waals surface area contributed by atoms with Gasteiger partial charge in [-0.1, -0.05) is 60.1 Å². The van der Waals surface area contributed by atoms with Gasteiger partial charge in [0.1, 0.15) is 0 Å². The van der Waals surface area contributed by atoms with Crippen LogP contribution >= 0.6 is 11.6 Å². The molecule has 1 atom stereocenters. The Morgan fingerprint density at radius 1 is 1.03 bits per heavy atom. The summed E-state index contributed by atoms with van der Waals surface area (Å²) in [6.45, 7) is 1.91. The molecule has 0 fully saturated rings. The Hall–Kier alpha value is -3.57. The highest BCUT2D eigenvalue weighted by atomic mass is 35.5. The summed E-state index contributed by atoms with van der Waals surface area (Å²) in [5.41, 5.74) is 4.92. The predicted octanol–water partition coefficient (Wildman–Crippen LogP) is 5.62. The van der Waals surface area contributed by atoms with Crippen molar-refractivity contribution in [3.8, 4) is 0 Å². The number of carbonyl (C=O) groups is 1. The van der Waals surface area contributed by atoms with Crippen LogP contribution in [0.3, 0.4) is 0 Å². The number of halogens is 1. The Morgan fingerprint density at radius 2 is 1.80 bits per heavy atom. The van der Waals surface area contributed by atoms with Crippen LogP contribution in [0.4, 0.5) is 11.6 Å². The molecular weight excluding hydrogens is 396 g/mol. The van der Waals surface area contributed by atoms with Crippen LogP contribution in [0.15, 0.2) is 90.1 Å². The molecule has 6 heteroatoms. The lowest BCUT2D eigenvalue weighted by atomic mass is 9.94. The lowest BCUT2D eigenvalue weighted by Gasteiger charge is -2.30. The molecule has 1 amide bonds. The number of amides is 1. The highest BCUT2D eigenvalue weighted by Gasteiger charge is 2.34. The van der Waals surface area contributed by atoms with Crippen LogP contribution in [0.5, 0.6) is 0 Å². The van der Waals surface area contributed by atoms with Gasteiger partial charge < -0.3 is 10.6 Å². The standard InChI is InChI=1S/C24H19ClN4O/c1-15-21(23(30)27-18-11-7-10-17(25)14-18)22(16-8-3-2-4-9-16)29-20-13-6-5-12-19(20)28-24(29)26-15/h2-14,22H,1H3,(H,26,28)(H,27,30)/t22-/m1/s1. The number of benzene rings is 3. The Kier molecular flexibility index (Phi) is 4.52. The van der Waals surface area contributed by atoms with Crippen LogP contribution < -0.4 is 10.6 Å². The molecule has 0 saturated heterocycles. The molecule has 2 heterocycles. The van der Waals surface area contributed by atoms with Gasteiger partial charge >= 0.3 is 0 Å². The van der Waals surface area contributed by atoms with Crippen LogP contribution in [0, 0.1) is 0 Å². The minimum atomic E-state index is -0.311. The van der Waals surface area contributed by atoms with Gasteiger partial charge in [-0.3, -0.25) is 9.36 Å². The van der Waals surface area contributed by atoms with E-state index in [0.29, 0.717) is 16.3 Å². The van der Waals surface area contributed by atoms with Gasteiger partial charge in [-0.25, -0.2) is 4.98 Å². The van der Waals surface area contributed by atoms with Gasteiger partial charge in [-0.15, -0.1) is 0 Å². The number of aromatic nitrogens is 2. The maximum atomic E-state index is 13.5. The molecule has 30 heavy (non-hydrogen) atoms. The van der Waals surface area contributed by atoms with Gasteiger partial charge in [0.05, 0.1) is 22.6 Å². The molecule has 0 saturated carbocycles. The Balaban J connectivity index is 1.66. The number of anilines is 2. The number of rotatable bonds is 3. The first-order valence-electron chi connectivity index (χ1n) is 9.68. The third-order valence-electron chi connectivity index (χ3n) is 5.27. The molecule has 0 aliphatic carbocycles. The molecule has 1 aliphatic rings. The molecule has 4 aromatic rings. The van der Waals surface area contributed by atoms with Gasteiger partial charge in [0, 0.05) is 16.4 Å². The zero-order valence-electron chi connectivity index (χ0n) is 16.3. The zero-order valence-corrected chi connectivity index (χ0v) is 17.0. The van der Waals surface area contributed by atoms with Crippen molar-refractivity contribution in [2.24, 2.45) is 0 Å². The number of fused-ring (bicyclic) bond motifs is 3. The molecule has 3 aromatic carbocycles. The van der Waals surface area contributed by atoms with E-state index in [-0.39, 0.29) is 11.9 Å². The quantitative estimate of drug-likeness (QED) is 0.457. The second-order valence-corrected chi connectivity index (χ2v) is 7.67. The number of allylic oxidation sites excluding steroid dienone is 1. The van der Waals surface area contributed by atoms with Crippen LogP contribution in [-0.2, 0) is 4.79 Å². The van der Waals surface area contributed by atoms with Gasteiger partial charge in [-0.2, -0.15) is 0 Å². The smallest absolute Gasteiger partial charge is 0.255 e. The maximum absolute atomic E-state index is 13.5. The average Bonchev–Trinajstić information content (AvgIpc) is 3.11. The third-order valence-corrected chi connectivity index (χ3v) is 5.51. The Labute approximate surface area is 179 Å². The number of para-hydroxylation sites is 2. The summed E-state index contributed by atoms with van der Waals surface area (Å²) >= 11 is 6.10. The zero-order chi connectivity index (χ0) is 20.7. The molecular formula is C24H19ClN4O. The van der Waals surface area contributed by atoms with E-state index in [9.17, 15) is 4.79 Å². The first-order valence-corrected chi connectivity index (χ1v) is 10.1. The minimum absolute atomic E-state index is 0.181. The number of nitrogens with one attached hydrogen (secondary N) is 2. The number of hydrogen-bond donors (Lipinski definition) is 2. The molecule has 0 unspecified atom stereocenters. The van der Waals surface area contributed by atoms with E-state index < -0.39 is 0 Å². The fourth-order valence-corrected chi connectivity index (χ4v) is 4.16. The average molecular weight is 415 g/mol. The van der Waals surface area contributed by atoms with Crippen molar-refractivity contribution in [3.05, 3.63) is 101 Å². The second kappa shape index (κ2) is 7.35. The summed E-state index contributed by atoms with van der Waals surface area (Å²) in [5, 5.41) is 6.89. The van der Waals surface area contributed by atoms with Crippen molar-refractivity contribution in [2.45, 2.75) is 13.0 Å². The number of imidazole rings is 1. The van der Waals surface area contributed by atoms with Crippen LogP contribution in [0.1, 0.15) is 18.5 Å². The van der Waals surface area contributed by atoms with Crippen molar-refractivity contribution >= 4 is 40.2 Å². The predicted molar refractivity (Wildman–Crippen MR) is 121 cm³/mol. The van der Waals surface area contributed by atoms with Gasteiger partial charge in [0.25, 0.3) is 5.91 Å². The van der Waals surface area contributed by atoms with Gasteiger partial charge in [-0.05, 0) is 42.8 Å². The fraction of sp³-hybridized carbons (Fsp3) is 0.0833.